The molecule has 0 amide bonds. The SMILES string of the molecule is c1ccc(-c2nc(-c3ccccc3)nc(-n3c4ccccc4c4ccc(-c5ccc(-n6c7ccccc7c7ccc(-n8c9ccccc9c9ccccc98)cc76)cc5)cc43)n2)cc1. The van der Waals surface area contributed by atoms with E-state index in [9.17, 15) is 0 Å². The molecule has 0 radical (unpaired) electrons. The normalized spacial score (nSPS) is 11.8. The summed E-state index contributed by atoms with van der Waals surface area (Å²) in [5.74, 6) is 1.83. The van der Waals surface area contributed by atoms with Crippen LogP contribution < -0.4 is 0 Å². The summed E-state index contributed by atoms with van der Waals surface area (Å²) >= 11 is 0. The second-order valence-corrected chi connectivity index (χ2v) is 16.1. The number of hydrogen-bond donors (Lipinski definition) is 0. The van der Waals surface area contributed by atoms with Gasteiger partial charge in [0.1, 0.15) is 0 Å². The third kappa shape index (κ3) is 5.55. The van der Waals surface area contributed by atoms with Crippen LogP contribution in [0, 0.1) is 0 Å². The van der Waals surface area contributed by atoms with Crippen LogP contribution in [0.1, 0.15) is 0 Å². The minimum absolute atomic E-state index is 0.577. The number of para-hydroxylation sites is 4. The molecule has 4 aromatic heterocycles. The van der Waals surface area contributed by atoms with Gasteiger partial charge in [-0.15, -0.1) is 0 Å². The molecular weight excluding hydrogens is 769 g/mol. The molecule has 0 unspecified atom stereocenters. The molecule has 0 N–H and O–H groups in total. The van der Waals surface area contributed by atoms with Gasteiger partial charge in [0.25, 0.3) is 0 Å². The van der Waals surface area contributed by atoms with E-state index in [0.29, 0.717) is 17.6 Å². The van der Waals surface area contributed by atoms with Crippen LogP contribution in [0.15, 0.2) is 218 Å². The minimum atomic E-state index is 0.577. The van der Waals surface area contributed by atoms with Crippen LogP contribution in [-0.2, 0) is 0 Å². The summed E-state index contributed by atoms with van der Waals surface area (Å²) in [6.07, 6.45) is 0. The van der Waals surface area contributed by atoms with Gasteiger partial charge in [0.2, 0.25) is 5.95 Å². The van der Waals surface area contributed by atoms with E-state index in [1.165, 1.54) is 38.1 Å². The fourth-order valence-electron chi connectivity index (χ4n) is 9.64. The molecule has 6 nitrogen and oxygen atoms in total. The van der Waals surface area contributed by atoms with Gasteiger partial charge in [0.15, 0.2) is 11.6 Å². The van der Waals surface area contributed by atoms with Crippen molar-refractivity contribution in [1.29, 1.82) is 0 Å². The number of benzene rings is 9. The van der Waals surface area contributed by atoms with E-state index in [2.05, 4.69) is 171 Å². The zero-order valence-corrected chi connectivity index (χ0v) is 34.0. The highest BCUT2D eigenvalue weighted by Crippen LogP contribution is 2.39. The van der Waals surface area contributed by atoms with Crippen molar-refractivity contribution in [3.8, 4) is 51.2 Å². The minimum Gasteiger partial charge on any atom is -0.309 e. The molecule has 13 rings (SSSR count). The summed E-state index contributed by atoms with van der Waals surface area (Å²) in [5.41, 5.74) is 13.1. The van der Waals surface area contributed by atoms with Crippen LogP contribution in [0.5, 0.6) is 0 Å². The Morgan fingerprint density at radius 1 is 0.238 bits per heavy atom. The van der Waals surface area contributed by atoms with Gasteiger partial charge in [-0.25, -0.2) is 4.98 Å². The Kier molecular flexibility index (Phi) is 7.80. The quantitative estimate of drug-likeness (QED) is 0.168. The van der Waals surface area contributed by atoms with E-state index in [-0.39, 0.29) is 0 Å². The Morgan fingerprint density at radius 3 is 1.14 bits per heavy atom. The number of nitrogens with zero attached hydrogens (tertiary/aromatic N) is 6. The maximum absolute atomic E-state index is 5.15. The van der Waals surface area contributed by atoms with Gasteiger partial charge in [-0.2, -0.15) is 9.97 Å². The highest BCUT2D eigenvalue weighted by molar-refractivity contribution is 6.12. The lowest BCUT2D eigenvalue weighted by atomic mass is 10.0. The lowest BCUT2D eigenvalue weighted by Crippen LogP contribution is -2.06. The van der Waals surface area contributed by atoms with Crippen LogP contribution in [0.25, 0.3) is 117 Å². The Balaban J connectivity index is 0.959. The summed E-state index contributed by atoms with van der Waals surface area (Å²) in [6.45, 7) is 0. The van der Waals surface area contributed by atoms with Crippen molar-refractivity contribution in [2.45, 2.75) is 0 Å². The van der Waals surface area contributed by atoms with Crippen LogP contribution in [0.2, 0.25) is 0 Å². The highest BCUT2D eigenvalue weighted by atomic mass is 15.2. The molecule has 0 fully saturated rings. The van der Waals surface area contributed by atoms with Gasteiger partial charge in [-0.05, 0) is 65.7 Å². The zero-order chi connectivity index (χ0) is 41.4. The second kappa shape index (κ2) is 14.0. The topological polar surface area (TPSA) is 53.5 Å². The van der Waals surface area contributed by atoms with E-state index < -0.39 is 0 Å². The number of hydrogen-bond acceptors (Lipinski definition) is 3. The summed E-state index contributed by atoms with van der Waals surface area (Å²) in [6, 6.07) is 77.5. The standard InChI is InChI=1S/C57H36N6/c1-3-15-38(16-4-1)55-58-56(39-17-5-2-6-18-39)60-57(59-55)63-52-26-14-10-22-46(52)47-33-29-40(35-53(47)63)37-27-30-41(31-28-37)61-49-23-11-9-21-45(49)48-34-32-42(36-54(48)61)62-50-24-12-7-19-43(50)44-20-8-13-25-51(44)62/h1-36H. The third-order valence-electron chi connectivity index (χ3n) is 12.5. The molecule has 0 aliphatic rings. The Morgan fingerprint density at radius 2 is 0.619 bits per heavy atom. The van der Waals surface area contributed by atoms with E-state index in [4.69, 9.17) is 15.0 Å². The van der Waals surface area contributed by atoms with Gasteiger partial charge in [0, 0.05) is 54.8 Å². The summed E-state index contributed by atoms with van der Waals surface area (Å²) in [7, 11) is 0. The molecule has 63 heavy (non-hydrogen) atoms. The van der Waals surface area contributed by atoms with E-state index in [1.807, 2.05) is 60.7 Å². The molecule has 9 aromatic carbocycles. The molecule has 6 heteroatoms. The van der Waals surface area contributed by atoms with E-state index >= 15 is 0 Å². The first kappa shape index (κ1) is 35.2. The number of rotatable bonds is 6. The second-order valence-electron chi connectivity index (χ2n) is 16.1. The van der Waals surface area contributed by atoms with Crippen LogP contribution in [0.4, 0.5) is 0 Å². The van der Waals surface area contributed by atoms with Gasteiger partial charge in [0.05, 0.1) is 33.1 Å². The summed E-state index contributed by atoms with van der Waals surface area (Å²) in [4.78, 5) is 15.3. The van der Waals surface area contributed by atoms with E-state index in [0.717, 1.165) is 61.0 Å². The molecule has 13 aromatic rings. The molecule has 0 aliphatic carbocycles. The molecule has 0 aliphatic heterocycles. The fraction of sp³-hybridized carbons (Fsp3) is 0. The summed E-state index contributed by atoms with van der Waals surface area (Å²) < 4.78 is 6.99. The Bertz CT molecular complexity index is 3790. The van der Waals surface area contributed by atoms with Gasteiger partial charge >= 0.3 is 0 Å². The van der Waals surface area contributed by atoms with Crippen LogP contribution >= 0.6 is 0 Å². The lowest BCUT2D eigenvalue weighted by molar-refractivity contribution is 0.953. The van der Waals surface area contributed by atoms with Gasteiger partial charge < -0.3 is 9.13 Å². The van der Waals surface area contributed by atoms with Crippen LogP contribution in [-0.4, -0.2) is 28.7 Å². The molecule has 0 bridgehead atoms. The van der Waals surface area contributed by atoms with Gasteiger partial charge in [-0.3, -0.25) is 4.57 Å². The number of aromatic nitrogens is 6. The monoisotopic (exact) mass is 804 g/mol. The Labute approximate surface area is 362 Å². The highest BCUT2D eigenvalue weighted by Gasteiger charge is 2.20. The van der Waals surface area contributed by atoms with Crippen molar-refractivity contribution >= 4 is 65.4 Å². The Hall–Kier alpha value is -8.61. The van der Waals surface area contributed by atoms with Crippen molar-refractivity contribution in [2.24, 2.45) is 0 Å². The van der Waals surface area contributed by atoms with Gasteiger partial charge in [-0.1, -0.05) is 164 Å². The molecule has 0 saturated carbocycles. The van der Waals surface area contributed by atoms with Crippen LogP contribution in [0.3, 0.4) is 0 Å². The molecule has 294 valence electrons. The zero-order valence-electron chi connectivity index (χ0n) is 34.0. The first-order valence-electron chi connectivity index (χ1n) is 21.3. The first-order valence-corrected chi connectivity index (χ1v) is 21.3. The average Bonchev–Trinajstić information content (AvgIpc) is 4.00. The van der Waals surface area contributed by atoms with Crippen molar-refractivity contribution in [1.82, 2.24) is 28.7 Å². The maximum Gasteiger partial charge on any atom is 0.238 e. The predicted molar refractivity (Wildman–Crippen MR) is 259 cm³/mol. The predicted octanol–water partition coefficient (Wildman–Crippen LogP) is 14.2. The van der Waals surface area contributed by atoms with Crippen molar-refractivity contribution in [2.75, 3.05) is 0 Å². The maximum atomic E-state index is 5.15. The van der Waals surface area contributed by atoms with E-state index in [1.54, 1.807) is 0 Å². The smallest absolute Gasteiger partial charge is 0.238 e. The molecule has 0 saturated heterocycles. The largest absolute Gasteiger partial charge is 0.309 e. The van der Waals surface area contributed by atoms with Crippen molar-refractivity contribution in [3.05, 3.63) is 218 Å². The number of fused-ring (bicyclic) bond motifs is 9. The van der Waals surface area contributed by atoms with Crippen molar-refractivity contribution in [3.63, 3.8) is 0 Å². The fourth-order valence-corrected chi connectivity index (χ4v) is 9.64. The third-order valence-corrected chi connectivity index (χ3v) is 12.5. The molecule has 0 spiro atoms. The molecule has 0 atom stereocenters. The average molecular weight is 805 g/mol. The molecular formula is C57H36N6. The lowest BCUT2D eigenvalue weighted by Gasteiger charge is -2.12. The summed E-state index contributed by atoms with van der Waals surface area (Å²) in [5, 5.41) is 7.24. The first-order chi connectivity index (χ1) is 31.2. The van der Waals surface area contributed by atoms with Crippen molar-refractivity contribution < 1.29 is 0 Å². The molecule has 4 heterocycles.